The van der Waals surface area contributed by atoms with Gasteiger partial charge >= 0.3 is 0 Å². The van der Waals surface area contributed by atoms with E-state index in [1.54, 1.807) is 0 Å². The van der Waals surface area contributed by atoms with E-state index in [-0.39, 0.29) is 0 Å². The maximum Gasteiger partial charge on any atom is 0.171 e. The minimum atomic E-state index is 0.659. The lowest BCUT2D eigenvalue weighted by Crippen LogP contribution is -2.26. The minimum absolute atomic E-state index is 0.659. The van der Waals surface area contributed by atoms with Gasteiger partial charge in [-0.25, -0.2) is 4.58 Å². The van der Waals surface area contributed by atoms with E-state index in [4.69, 9.17) is 9.47 Å². The molecule has 0 radical (unpaired) electrons. The van der Waals surface area contributed by atoms with Gasteiger partial charge in [-0.05, 0) is 42.6 Å². The second-order valence-corrected chi connectivity index (χ2v) is 7.27. The van der Waals surface area contributed by atoms with Gasteiger partial charge in [0.05, 0.1) is 19.8 Å². The highest BCUT2D eigenvalue weighted by Gasteiger charge is 2.14. The summed E-state index contributed by atoms with van der Waals surface area (Å²) in [6.45, 7) is 8.85. The Labute approximate surface area is 169 Å². The number of nitrogens with one attached hydrogen (secondary N) is 1. The van der Waals surface area contributed by atoms with Crippen LogP contribution in [0.25, 0.3) is 0 Å². The standard InChI is InChI=1S/C24H33N2O2/c1-21-6-2-3-7-22(21)10-12-25-13-16-27-18-19-28-17-15-26-14-11-23-8-4-5-9-24(23)20-26/h2-9,20,25H,10-19H2,1H3/q+1. The summed E-state index contributed by atoms with van der Waals surface area (Å²) >= 11 is 0. The van der Waals surface area contributed by atoms with Crippen molar-refractivity contribution >= 4 is 6.21 Å². The van der Waals surface area contributed by atoms with Crippen molar-refractivity contribution < 1.29 is 14.0 Å². The SMILES string of the molecule is Cc1ccccc1CCNCCOCCOCC[N+]1=Cc2ccccc2CC1. The van der Waals surface area contributed by atoms with Crippen LogP contribution in [0.3, 0.4) is 0 Å². The van der Waals surface area contributed by atoms with Gasteiger partial charge in [0.2, 0.25) is 0 Å². The maximum absolute atomic E-state index is 5.72. The van der Waals surface area contributed by atoms with E-state index < -0.39 is 0 Å². The molecule has 0 unspecified atom stereocenters. The molecule has 1 heterocycles. The summed E-state index contributed by atoms with van der Waals surface area (Å²) < 4.78 is 13.7. The van der Waals surface area contributed by atoms with E-state index in [1.807, 2.05) is 0 Å². The van der Waals surface area contributed by atoms with E-state index in [1.165, 1.54) is 22.3 Å². The highest BCUT2D eigenvalue weighted by Crippen LogP contribution is 2.11. The number of rotatable bonds is 12. The zero-order valence-corrected chi connectivity index (χ0v) is 17.0. The molecule has 0 saturated carbocycles. The minimum Gasteiger partial charge on any atom is -0.378 e. The molecule has 28 heavy (non-hydrogen) atoms. The van der Waals surface area contributed by atoms with Crippen LogP contribution in [0.5, 0.6) is 0 Å². The van der Waals surface area contributed by atoms with Gasteiger partial charge < -0.3 is 14.8 Å². The molecule has 0 fully saturated rings. The predicted octanol–water partition coefficient (Wildman–Crippen LogP) is 2.85. The highest BCUT2D eigenvalue weighted by molar-refractivity contribution is 5.78. The fraction of sp³-hybridized carbons (Fsp3) is 0.458. The molecule has 0 amide bonds. The van der Waals surface area contributed by atoms with Crippen LogP contribution in [0.2, 0.25) is 0 Å². The molecule has 4 heteroatoms. The second kappa shape index (κ2) is 11.7. The molecule has 0 aromatic heterocycles. The van der Waals surface area contributed by atoms with Crippen LogP contribution in [0.4, 0.5) is 0 Å². The van der Waals surface area contributed by atoms with E-state index >= 15 is 0 Å². The van der Waals surface area contributed by atoms with Crippen LogP contribution in [-0.2, 0) is 22.3 Å². The van der Waals surface area contributed by atoms with Crippen molar-refractivity contribution in [1.82, 2.24) is 5.32 Å². The highest BCUT2D eigenvalue weighted by atomic mass is 16.5. The Morgan fingerprint density at radius 2 is 1.68 bits per heavy atom. The van der Waals surface area contributed by atoms with Gasteiger partial charge in [0.1, 0.15) is 13.2 Å². The van der Waals surface area contributed by atoms with E-state index in [2.05, 4.69) is 71.6 Å². The Hall–Kier alpha value is -2.01. The molecule has 0 atom stereocenters. The molecule has 4 nitrogen and oxygen atoms in total. The van der Waals surface area contributed by atoms with Crippen molar-refractivity contribution in [3.8, 4) is 0 Å². The predicted molar refractivity (Wildman–Crippen MR) is 115 cm³/mol. The third-order valence-electron chi connectivity index (χ3n) is 5.20. The van der Waals surface area contributed by atoms with Crippen LogP contribution in [-0.4, -0.2) is 63.4 Å². The molecule has 0 aliphatic carbocycles. The Morgan fingerprint density at radius 3 is 2.57 bits per heavy atom. The summed E-state index contributed by atoms with van der Waals surface area (Å²) in [4.78, 5) is 0. The van der Waals surface area contributed by atoms with Gasteiger partial charge in [-0.3, -0.25) is 0 Å². The van der Waals surface area contributed by atoms with E-state index in [0.717, 1.165) is 52.2 Å². The van der Waals surface area contributed by atoms with E-state index in [9.17, 15) is 0 Å². The smallest absolute Gasteiger partial charge is 0.171 e. The van der Waals surface area contributed by atoms with Crippen LogP contribution in [0, 0.1) is 6.92 Å². The first kappa shape index (κ1) is 20.7. The topological polar surface area (TPSA) is 33.5 Å². The molecule has 1 N–H and O–H groups in total. The number of ether oxygens (including phenoxy) is 2. The number of hydrogen-bond acceptors (Lipinski definition) is 3. The quantitative estimate of drug-likeness (QED) is 0.453. The van der Waals surface area contributed by atoms with Gasteiger partial charge in [-0.15, -0.1) is 0 Å². The normalized spacial score (nSPS) is 13.2. The molecule has 0 bridgehead atoms. The summed E-state index contributed by atoms with van der Waals surface area (Å²) in [6.07, 6.45) is 4.43. The summed E-state index contributed by atoms with van der Waals surface area (Å²) in [5, 5.41) is 3.44. The molecule has 2 aromatic carbocycles. The lowest BCUT2D eigenvalue weighted by atomic mass is 10.0. The Morgan fingerprint density at radius 1 is 0.893 bits per heavy atom. The zero-order chi connectivity index (χ0) is 19.4. The van der Waals surface area contributed by atoms with Crippen LogP contribution < -0.4 is 5.32 Å². The largest absolute Gasteiger partial charge is 0.378 e. The number of fused-ring (bicyclic) bond motifs is 1. The molecule has 1 aliphatic rings. The van der Waals surface area contributed by atoms with Crippen molar-refractivity contribution in [3.63, 3.8) is 0 Å². The Bertz CT molecular complexity index is 758. The molecule has 150 valence electrons. The Kier molecular flexibility index (Phi) is 8.69. The first-order chi connectivity index (χ1) is 13.8. The lowest BCUT2D eigenvalue weighted by Gasteiger charge is -2.12. The van der Waals surface area contributed by atoms with Gasteiger partial charge in [0.15, 0.2) is 12.8 Å². The first-order valence-corrected chi connectivity index (χ1v) is 10.4. The van der Waals surface area contributed by atoms with Crippen molar-refractivity contribution in [2.75, 3.05) is 52.6 Å². The maximum atomic E-state index is 5.72. The monoisotopic (exact) mass is 381 g/mol. The fourth-order valence-electron chi connectivity index (χ4n) is 3.48. The molecule has 2 aromatic rings. The molecular weight excluding hydrogens is 348 g/mol. The van der Waals surface area contributed by atoms with Crippen molar-refractivity contribution in [2.45, 2.75) is 19.8 Å². The van der Waals surface area contributed by atoms with Crippen LogP contribution in [0.15, 0.2) is 48.5 Å². The van der Waals surface area contributed by atoms with Crippen LogP contribution >= 0.6 is 0 Å². The van der Waals surface area contributed by atoms with Gasteiger partial charge in [-0.1, -0.05) is 42.5 Å². The molecule has 1 aliphatic heterocycles. The summed E-state index contributed by atoms with van der Waals surface area (Å²) in [5.41, 5.74) is 5.57. The average Bonchev–Trinajstić information content (AvgIpc) is 2.73. The lowest BCUT2D eigenvalue weighted by molar-refractivity contribution is -0.526. The number of aryl methyl sites for hydroxylation is 1. The average molecular weight is 382 g/mol. The molecule has 3 rings (SSSR count). The Balaban J connectivity index is 1.16. The third kappa shape index (κ3) is 6.86. The number of hydrogen-bond donors (Lipinski definition) is 1. The van der Waals surface area contributed by atoms with Crippen molar-refractivity contribution in [2.24, 2.45) is 0 Å². The number of benzene rings is 2. The molecular formula is C24H33N2O2+. The van der Waals surface area contributed by atoms with Crippen LogP contribution in [0.1, 0.15) is 22.3 Å². The third-order valence-corrected chi connectivity index (χ3v) is 5.20. The summed E-state index contributed by atoms with van der Waals surface area (Å²) in [5.74, 6) is 0. The first-order valence-electron chi connectivity index (χ1n) is 10.4. The van der Waals surface area contributed by atoms with E-state index in [0.29, 0.717) is 13.2 Å². The van der Waals surface area contributed by atoms with Gasteiger partial charge in [0.25, 0.3) is 0 Å². The summed E-state index contributed by atoms with van der Waals surface area (Å²) in [6, 6.07) is 17.2. The van der Waals surface area contributed by atoms with Crippen molar-refractivity contribution in [1.29, 1.82) is 0 Å². The zero-order valence-electron chi connectivity index (χ0n) is 17.0. The number of nitrogens with zero attached hydrogens (tertiary/aromatic N) is 1. The van der Waals surface area contributed by atoms with Gasteiger partial charge in [0, 0.05) is 18.5 Å². The second-order valence-electron chi connectivity index (χ2n) is 7.27. The molecule has 0 spiro atoms. The van der Waals surface area contributed by atoms with Crippen molar-refractivity contribution in [3.05, 3.63) is 70.8 Å². The fourth-order valence-corrected chi connectivity index (χ4v) is 3.48. The summed E-state index contributed by atoms with van der Waals surface area (Å²) in [7, 11) is 0. The van der Waals surface area contributed by atoms with Gasteiger partial charge in [-0.2, -0.15) is 0 Å². The molecule has 0 saturated heterocycles.